The Bertz CT molecular complexity index is 761. The van der Waals surface area contributed by atoms with Crippen molar-refractivity contribution in [1.82, 2.24) is 10.9 Å². The molecule has 2 amide bonds. The van der Waals surface area contributed by atoms with Gasteiger partial charge in [0.2, 0.25) is 5.91 Å². The first-order chi connectivity index (χ1) is 12.4. The van der Waals surface area contributed by atoms with Gasteiger partial charge < -0.3 is 4.74 Å². The van der Waals surface area contributed by atoms with E-state index in [9.17, 15) is 18.0 Å². The van der Waals surface area contributed by atoms with Crippen molar-refractivity contribution >= 4 is 45.2 Å². The second-order valence-electron chi connectivity index (χ2n) is 6.07. The molecule has 26 heavy (non-hydrogen) atoms. The zero-order chi connectivity index (χ0) is 18.6. The Morgan fingerprint density at radius 2 is 1.81 bits per heavy atom. The van der Waals surface area contributed by atoms with E-state index in [0.29, 0.717) is 10.3 Å². The van der Waals surface area contributed by atoms with E-state index < -0.39 is 27.6 Å². The predicted octanol–water partition coefficient (Wildman–Crippen LogP) is 1.13. The van der Waals surface area contributed by atoms with Gasteiger partial charge in [0.25, 0.3) is 5.91 Å². The largest absolute Gasteiger partial charge is 0.484 e. The van der Waals surface area contributed by atoms with Gasteiger partial charge in [-0.25, -0.2) is 8.42 Å². The van der Waals surface area contributed by atoms with Gasteiger partial charge in [-0.05, 0) is 24.1 Å². The van der Waals surface area contributed by atoms with Crippen molar-refractivity contribution < 1.29 is 22.7 Å². The van der Waals surface area contributed by atoms with Crippen molar-refractivity contribution in [3.8, 4) is 5.75 Å². The Hall–Kier alpha value is -1.39. The number of benzene rings is 1. The summed E-state index contributed by atoms with van der Waals surface area (Å²) in [5.74, 6) is 1.12. The summed E-state index contributed by atoms with van der Waals surface area (Å²) in [6.45, 7) is -0.241. The molecule has 1 aromatic rings. The highest BCUT2D eigenvalue weighted by Crippen LogP contribution is 2.45. The van der Waals surface area contributed by atoms with Gasteiger partial charge in [0.15, 0.2) is 16.4 Å². The SMILES string of the molecule is O=C(COc1ccc(C2SCCS2)cc1)NNC(=O)[C@@H]1CCS(=O)(=O)C1. The summed E-state index contributed by atoms with van der Waals surface area (Å²) in [7, 11) is -3.14. The summed E-state index contributed by atoms with van der Waals surface area (Å²) in [5.41, 5.74) is 5.73. The molecule has 142 valence electrons. The molecule has 0 aromatic heterocycles. The van der Waals surface area contributed by atoms with E-state index in [-0.39, 0.29) is 24.5 Å². The molecule has 7 nitrogen and oxygen atoms in total. The summed E-state index contributed by atoms with van der Waals surface area (Å²) >= 11 is 3.84. The summed E-state index contributed by atoms with van der Waals surface area (Å²) in [6, 6.07) is 7.63. The maximum Gasteiger partial charge on any atom is 0.276 e. The zero-order valence-electron chi connectivity index (χ0n) is 14.0. The van der Waals surface area contributed by atoms with Crippen molar-refractivity contribution in [3.63, 3.8) is 0 Å². The first kappa shape index (κ1) is 19.4. The number of amides is 2. The molecule has 0 aliphatic carbocycles. The highest BCUT2D eigenvalue weighted by atomic mass is 32.2. The third-order valence-electron chi connectivity index (χ3n) is 4.07. The molecule has 2 N–H and O–H groups in total. The smallest absolute Gasteiger partial charge is 0.276 e. The van der Waals surface area contributed by atoms with Crippen LogP contribution in [0.4, 0.5) is 0 Å². The number of sulfone groups is 1. The summed E-state index contributed by atoms with van der Waals surface area (Å²) in [4.78, 5) is 23.6. The van der Waals surface area contributed by atoms with Crippen molar-refractivity contribution in [2.45, 2.75) is 11.0 Å². The molecule has 10 heteroatoms. The van der Waals surface area contributed by atoms with Gasteiger partial charge >= 0.3 is 0 Å². The monoisotopic (exact) mass is 416 g/mol. The maximum atomic E-state index is 11.8. The molecule has 0 saturated carbocycles. The van der Waals surface area contributed by atoms with E-state index in [1.54, 1.807) is 0 Å². The number of carbonyl (C=O) groups is 2. The third kappa shape index (κ3) is 5.31. The van der Waals surface area contributed by atoms with Gasteiger partial charge in [0, 0.05) is 11.5 Å². The average Bonchev–Trinajstić information content (AvgIpc) is 3.28. The molecule has 1 atom stereocenters. The molecule has 1 aromatic carbocycles. The summed E-state index contributed by atoms with van der Waals surface area (Å²) in [6.07, 6.45) is 0.282. The van der Waals surface area contributed by atoms with E-state index in [0.717, 1.165) is 11.5 Å². The molecule has 0 unspecified atom stereocenters. The van der Waals surface area contributed by atoms with Gasteiger partial charge in [-0.1, -0.05) is 12.1 Å². The second kappa shape index (κ2) is 8.53. The number of thioether (sulfide) groups is 2. The topological polar surface area (TPSA) is 102 Å². The summed E-state index contributed by atoms with van der Waals surface area (Å²) < 4.78 is 28.6. The number of hydrazine groups is 1. The number of ether oxygens (including phenoxy) is 1. The minimum Gasteiger partial charge on any atom is -0.484 e. The molecule has 0 radical (unpaired) electrons. The number of hydrogen-bond donors (Lipinski definition) is 2. The Labute approximate surface area is 160 Å². The number of carbonyl (C=O) groups excluding carboxylic acids is 2. The molecule has 0 spiro atoms. The van der Waals surface area contributed by atoms with Crippen LogP contribution in [0, 0.1) is 5.92 Å². The van der Waals surface area contributed by atoms with Crippen LogP contribution >= 0.6 is 23.5 Å². The minimum absolute atomic E-state index is 0.00993. The van der Waals surface area contributed by atoms with E-state index in [2.05, 4.69) is 10.9 Å². The van der Waals surface area contributed by atoms with Crippen LogP contribution in [0.1, 0.15) is 16.6 Å². The van der Waals surface area contributed by atoms with Crippen LogP contribution < -0.4 is 15.6 Å². The molecular formula is C16H20N2O5S3. The molecule has 2 aliphatic heterocycles. The quantitative estimate of drug-likeness (QED) is 0.694. The molecular weight excluding hydrogens is 396 g/mol. The fourth-order valence-corrected chi connectivity index (χ4v) is 7.29. The fraction of sp³-hybridized carbons (Fsp3) is 0.500. The van der Waals surface area contributed by atoms with Crippen LogP contribution in [0.3, 0.4) is 0 Å². The minimum atomic E-state index is -3.14. The Morgan fingerprint density at radius 3 is 2.42 bits per heavy atom. The van der Waals surface area contributed by atoms with E-state index in [4.69, 9.17) is 4.74 Å². The molecule has 3 rings (SSSR count). The lowest BCUT2D eigenvalue weighted by Gasteiger charge is -2.12. The van der Waals surface area contributed by atoms with E-state index in [1.807, 2.05) is 47.8 Å². The Balaban J connectivity index is 1.39. The molecule has 2 aliphatic rings. The average molecular weight is 417 g/mol. The lowest BCUT2D eigenvalue weighted by molar-refractivity contribution is -0.131. The Kier molecular flexibility index (Phi) is 6.36. The summed E-state index contributed by atoms with van der Waals surface area (Å²) in [5, 5.41) is 0. The number of hydrogen-bond acceptors (Lipinski definition) is 7. The highest BCUT2D eigenvalue weighted by Gasteiger charge is 2.33. The van der Waals surface area contributed by atoms with Crippen LogP contribution in [-0.4, -0.2) is 49.9 Å². The fourth-order valence-electron chi connectivity index (χ4n) is 2.69. The second-order valence-corrected chi connectivity index (χ2v) is 11.0. The highest BCUT2D eigenvalue weighted by molar-refractivity contribution is 8.19. The van der Waals surface area contributed by atoms with Gasteiger partial charge in [-0.2, -0.15) is 0 Å². The number of nitrogens with one attached hydrogen (secondary N) is 2. The van der Waals surface area contributed by atoms with Crippen LogP contribution in [0.2, 0.25) is 0 Å². The van der Waals surface area contributed by atoms with Crippen LogP contribution in [0.15, 0.2) is 24.3 Å². The van der Waals surface area contributed by atoms with Gasteiger partial charge in [-0.3, -0.25) is 20.4 Å². The van der Waals surface area contributed by atoms with Crippen molar-refractivity contribution in [2.75, 3.05) is 29.6 Å². The van der Waals surface area contributed by atoms with E-state index in [1.165, 1.54) is 5.56 Å². The standard InChI is InChI=1S/C16H20N2O5S3/c19-14(17-18-15(20)12-5-8-26(21,22)10-12)9-23-13-3-1-11(2-4-13)16-24-6-7-25-16/h1-4,12,16H,5-10H2,(H,17,19)(H,18,20)/t12-/m1/s1. The molecule has 2 heterocycles. The van der Waals surface area contributed by atoms with E-state index >= 15 is 0 Å². The van der Waals surface area contributed by atoms with Crippen molar-refractivity contribution in [2.24, 2.45) is 5.92 Å². The van der Waals surface area contributed by atoms with Crippen molar-refractivity contribution in [1.29, 1.82) is 0 Å². The molecule has 2 saturated heterocycles. The first-order valence-corrected chi connectivity index (χ1v) is 12.1. The number of rotatable bonds is 5. The lowest BCUT2D eigenvalue weighted by Crippen LogP contribution is -2.46. The van der Waals surface area contributed by atoms with Crippen LogP contribution in [0.25, 0.3) is 0 Å². The predicted molar refractivity (Wildman–Crippen MR) is 103 cm³/mol. The van der Waals surface area contributed by atoms with Gasteiger partial charge in [0.05, 0.1) is 22.0 Å². The lowest BCUT2D eigenvalue weighted by atomic mass is 10.1. The van der Waals surface area contributed by atoms with Crippen molar-refractivity contribution in [3.05, 3.63) is 29.8 Å². The molecule has 2 fully saturated rings. The first-order valence-electron chi connectivity index (χ1n) is 8.18. The molecule has 0 bridgehead atoms. The normalized spacial score (nSPS) is 22.1. The maximum absolute atomic E-state index is 11.8. The van der Waals surface area contributed by atoms with Gasteiger partial charge in [0.1, 0.15) is 5.75 Å². The Morgan fingerprint density at radius 1 is 1.12 bits per heavy atom. The van der Waals surface area contributed by atoms with Crippen LogP contribution in [-0.2, 0) is 19.4 Å². The zero-order valence-corrected chi connectivity index (χ0v) is 16.4. The van der Waals surface area contributed by atoms with Gasteiger partial charge in [-0.15, -0.1) is 23.5 Å². The third-order valence-corrected chi connectivity index (χ3v) is 8.94. The van der Waals surface area contributed by atoms with Crippen LogP contribution in [0.5, 0.6) is 5.75 Å².